The maximum atomic E-state index is 10.7. The van der Waals surface area contributed by atoms with Crippen molar-refractivity contribution in [2.45, 2.75) is 0 Å². The second-order valence-electron chi connectivity index (χ2n) is 2.72. The number of rotatable bonds is 2. The van der Waals surface area contributed by atoms with Crippen molar-refractivity contribution >= 4 is 24.9 Å². The van der Waals surface area contributed by atoms with Gasteiger partial charge in [-0.2, -0.15) is 0 Å². The zero-order chi connectivity index (χ0) is 10.8. The van der Waals surface area contributed by atoms with E-state index < -0.39 is 4.92 Å². The molecule has 0 atom stereocenters. The Morgan fingerprint density at radius 1 is 1.33 bits per heavy atom. The Hall–Kier alpha value is -1.72. The van der Waals surface area contributed by atoms with Gasteiger partial charge in [0.2, 0.25) is 0 Å². The van der Waals surface area contributed by atoms with Gasteiger partial charge in [0, 0.05) is 0 Å². The summed E-state index contributed by atoms with van der Waals surface area (Å²) >= 11 is -0.202. The first kappa shape index (κ1) is 9.82. The summed E-state index contributed by atoms with van der Waals surface area (Å²) in [5, 5.41) is 18.3. The van der Waals surface area contributed by atoms with Gasteiger partial charge in [0.15, 0.2) is 0 Å². The SMILES string of the molecule is Nc1nnc(-c2ccccc2[N+](=O)[O-])[se]1. The number of nitro groups is 1. The third-order valence-electron chi connectivity index (χ3n) is 1.77. The molecular formula is C8H6N4O2Se. The molecule has 1 aromatic carbocycles. The Bertz CT molecular complexity index is 511. The summed E-state index contributed by atoms with van der Waals surface area (Å²) in [5.74, 6) is 0. The quantitative estimate of drug-likeness (QED) is 0.491. The van der Waals surface area contributed by atoms with Gasteiger partial charge in [0.05, 0.1) is 0 Å². The Morgan fingerprint density at radius 3 is 2.67 bits per heavy atom. The van der Waals surface area contributed by atoms with Crippen LogP contribution in [0.2, 0.25) is 0 Å². The molecule has 2 N–H and O–H groups in total. The molecule has 0 spiro atoms. The van der Waals surface area contributed by atoms with Crippen molar-refractivity contribution in [3.63, 3.8) is 0 Å². The maximum absolute atomic E-state index is 10.7. The molecule has 2 rings (SSSR count). The van der Waals surface area contributed by atoms with E-state index in [1.54, 1.807) is 18.2 Å². The number of hydrogen-bond donors (Lipinski definition) is 1. The third-order valence-corrected chi connectivity index (χ3v) is 3.42. The summed E-state index contributed by atoms with van der Waals surface area (Å²) in [4.78, 5) is 10.3. The predicted octanol–water partition coefficient (Wildman–Crippen LogP) is 0.691. The molecule has 0 unspecified atom stereocenters. The first-order chi connectivity index (χ1) is 7.18. The van der Waals surface area contributed by atoms with Gasteiger partial charge < -0.3 is 0 Å². The van der Waals surface area contributed by atoms with Crippen LogP contribution in [0, 0.1) is 10.1 Å². The van der Waals surface area contributed by atoms with Crippen LogP contribution < -0.4 is 5.73 Å². The fraction of sp³-hybridized carbons (Fsp3) is 0. The monoisotopic (exact) mass is 270 g/mol. The predicted molar refractivity (Wildman–Crippen MR) is 55.5 cm³/mol. The average molecular weight is 269 g/mol. The van der Waals surface area contributed by atoms with Crippen LogP contribution >= 0.6 is 0 Å². The normalized spacial score (nSPS) is 10.1. The summed E-state index contributed by atoms with van der Waals surface area (Å²) in [6.07, 6.45) is 0. The average Bonchev–Trinajstić information content (AvgIpc) is 2.65. The minimum atomic E-state index is -0.428. The van der Waals surface area contributed by atoms with Crippen LogP contribution in [0.25, 0.3) is 10.1 Å². The molecule has 1 heterocycles. The molecule has 7 heteroatoms. The number of aromatic nitrogens is 2. The molecule has 76 valence electrons. The summed E-state index contributed by atoms with van der Waals surface area (Å²) < 4.78 is 1.04. The van der Waals surface area contributed by atoms with E-state index in [-0.39, 0.29) is 20.2 Å². The van der Waals surface area contributed by atoms with Gasteiger partial charge in [0.1, 0.15) is 0 Å². The van der Waals surface area contributed by atoms with Crippen LogP contribution in [0.3, 0.4) is 0 Å². The summed E-state index contributed by atoms with van der Waals surface area (Å²) in [7, 11) is 0. The van der Waals surface area contributed by atoms with E-state index in [0.717, 1.165) is 0 Å². The van der Waals surface area contributed by atoms with E-state index in [1.807, 2.05) is 0 Å². The van der Waals surface area contributed by atoms with Crippen LogP contribution in [0.15, 0.2) is 24.3 Å². The molecule has 0 aliphatic rings. The van der Waals surface area contributed by atoms with Crippen molar-refractivity contribution < 1.29 is 4.92 Å². The van der Waals surface area contributed by atoms with Crippen LogP contribution in [0.4, 0.5) is 10.4 Å². The van der Waals surface area contributed by atoms with Crippen molar-refractivity contribution in [2.24, 2.45) is 0 Å². The van der Waals surface area contributed by atoms with Gasteiger partial charge in [-0.05, 0) is 0 Å². The van der Waals surface area contributed by atoms with E-state index in [4.69, 9.17) is 5.73 Å². The van der Waals surface area contributed by atoms with Crippen molar-refractivity contribution in [1.82, 2.24) is 10.2 Å². The molecule has 0 aliphatic carbocycles. The molecule has 1 aromatic heterocycles. The molecule has 0 amide bonds. The molecule has 0 saturated carbocycles. The van der Waals surface area contributed by atoms with E-state index in [1.165, 1.54) is 6.07 Å². The Morgan fingerprint density at radius 2 is 2.07 bits per heavy atom. The van der Waals surface area contributed by atoms with Crippen molar-refractivity contribution in [3.05, 3.63) is 34.4 Å². The van der Waals surface area contributed by atoms with Gasteiger partial charge >= 0.3 is 90.2 Å². The molecule has 0 fully saturated rings. The van der Waals surface area contributed by atoms with Gasteiger partial charge in [-0.3, -0.25) is 0 Å². The number of nitrogens with two attached hydrogens (primary N) is 1. The van der Waals surface area contributed by atoms with Gasteiger partial charge in [-0.15, -0.1) is 0 Å². The Kier molecular flexibility index (Phi) is 2.49. The molecule has 0 aliphatic heterocycles. The molecule has 2 aromatic rings. The van der Waals surface area contributed by atoms with E-state index in [0.29, 0.717) is 14.8 Å². The van der Waals surface area contributed by atoms with Crippen molar-refractivity contribution in [2.75, 3.05) is 5.73 Å². The molecule has 0 radical (unpaired) electrons. The van der Waals surface area contributed by atoms with E-state index >= 15 is 0 Å². The summed E-state index contributed by atoms with van der Waals surface area (Å²) in [6, 6.07) is 6.46. The van der Waals surface area contributed by atoms with Crippen LogP contribution in [0.5, 0.6) is 0 Å². The number of nitrogen functional groups attached to an aromatic ring is 1. The molecule has 0 saturated heterocycles. The van der Waals surface area contributed by atoms with Crippen LogP contribution in [0.1, 0.15) is 0 Å². The summed E-state index contributed by atoms with van der Waals surface area (Å²) in [5.41, 5.74) is 6.03. The first-order valence-corrected chi connectivity index (χ1v) is 5.72. The number of hydrogen-bond acceptors (Lipinski definition) is 5. The minimum absolute atomic E-state index is 0.0445. The number of benzene rings is 1. The van der Waals surface area contributed by atoms with Crippen molar-refractivity contribution in [1.29, 1.82) is 0 Å². The Balaban J connectivity index is 2.57. The van der Waals surface area contributed by atoms with Crippen LogP contribution in [-0.2, 0) is 0 Å². The molecule has 6 nitrogen and oxygen atoms in total. The van der Waals surface area contributed by atoms with Crippen molar-refractivity contribution in [3.8, 4) is 10.1 Å². The van der Waals surface area contributed by atoms with Gasteiger partial charge in [-0.1, -0.05) is 0 Å². The number of nitrogens with zero attached hydrogens (tertiary/aromatic N) is 3. The zero-order valence-corrected chi connectivity index (χ0v) is 9.17. The van der Waals surface area contributed by atoms with E-state index in [9.17, 15) is 10.1 Å². The van der Waals surface area contributed by atoms with Gasteiger partial charge in [-0.25, -0.2) is 0 Å². The number of para-hydroxylation sites is 1. The Labute approximate surface area is 90.6 Å². The second kappa shape index (κ2) is 3.80. The zero-order valence-electron chi connectivity index (χ0n) is 7.45. The first-order valence-electron chi connectivity index (χ1n) is 4.01. The van der Waals surface area contributed by atoms with Crippen LogP contribution in [-0.4, -0.2) is 29.6 Å². The van der Waals surface area contributed by atoms with E-state index in [2.05, 4.69) is 10.2 Å². The molecule has 15 heavy (non-hydrogen) atoms. The fourth-order valence-electron chi connectivity index (χ4n) is 1.16. The number of nitro benzene ring substituents is 1. The second-order valence-corrected chi connectivity index (χ2v) is 4.84. The molecular weight excluding hydrogens is 263 g/mol. The summed E-state index contributed by atoms with van der Waals surface area (Å²) in [6.45, 7) is 0. The fourth-order valence-corrected chi connectivity index (χ4v) is 2.51. The standard InChI is InChI=1S/C8H6N4O2Se/c9-8-11-10-7(15-8)5-3-1-2-4-6(5)12(13)14/h1-4H,(H2,9,11). The molecule has 0 bridgehead atoms. The topological polar surface area (TPSA) is 94.9 Å². The third kappa shape index (κ3) is 1.88. The van der Waals surface area contributed by atoms with Gasteiger partial charge in [0.25, 0.3) is 0 Å². The number of anilines is 1.